The van der Waals surface area contributed by atoms with Crippen molar-refractivity contribution in [2.45, 2.75) is 95.3 Å². The predicted molar refractivity (Wildman–Crippen MR) is 266 cm³/mol. The molecule has 0 saturated carbocycles. The van der Waals surface area contributed by atoms with Gasteiger partial charge in [0.2, 0.25) is 17.8 Å². The van der Waals surface area contributed by atoms with Gasteiger partial charge in [-0.3, -0.25) is 67.4 Å². The van der Waals surface area contributed by atoms with Crippen LogP contribution in [0.5, 0.6) is 0 Å². The van der Waals surface area contributed by atoms with Crippen molar-refractivity contribution in [3.05, 3.63) is 64.0 Å². The Balaban J connectivity index is 1.42. The van der Waals surface area contributed by atoms with Gasteiger partial charge in [-0.2, -0.15) is 4.98 Å². The van der Waals surface area contributed by atoms with E-state index in [1.54, 1.807) is 0 Å². The molecule has 0 radical (unpaired) electrons. The quantitative estimate of drug-likeness (QED) is 0.0131. The zero-order valence-electron chi connectivity index (χ0n) is 41.6. The molecule has 0 aliphatic carbocycles. The van der Waals surface area contributed by atoms with Crippen LogP contribution < -0.4 is 44.0 Å². The molecule has 418 valence electrons. The lowest BCUT2D eigenvalue weighted by molar-refractivity contribution is -0.146. The number of fused-ring (bicyclic) bond motifs is 1. The van der Waals surface area contributed by atoms with Crippen LogP contribution in [0.1, 0.15) is 86.0 Å². The van der Waals surface area contributed by atoms with Gasteiger partial charge in [-0.15, -0.1) is 5.10 Å². The summed E-state index contributed by atoms with van der Waals surface area (Å²) in [5.41, 5.74) is 16.8. The van der Waals surface area contributed by atoms with Gasteiger partial charge in [-0.1, -0.05) is 5.21 Å². The number of nitrogen functional groups attached to an aromatic ring is 1. The normalized spacial score (nSPS) is 13.3. The summed E-state index contributed by atoms with van der Waals surface area (Å²) >= 11 is 0. The second-order valence-corrected chi connectivity index (χ2v) is 17.8. The van der Waals surface area contributed by atoms with Crippen molar-refractivity contribution in [3.8, 4) is 0 Å². The van der Waals surface area contributed by atoms with Gasteiger partial charge >= 0.3 is 29.8 Å². The minimum absolute atomic E-state index is 0.0176. The van der Waals surface area contributed by atoms with Crippen LogP contribution in [0.2, 0.25) is 0 Å². The second-order valence-electron chi connectivity index (χ2n) is 17.8. The Morgan fingerprint density at radius 1 is 0.705 bits per heavy atom. The third-order valence-electron chi connectivity index (χ3n) is 11.6. The highest BCUT2D eigenvalue weighted by molar-refractivity contribution is 5.99. The standard InChI is InChI=1S/C46H57N15O17/c1-61-20-26(59-60-61)11-24(43(75)76)14-33(64)31(17-36(69)70)56-41(73)23(16-35(67)68)13-32(63)29(3-2-10-50-45(47)48)54-40(72)22(15-34(65)66)12-28(62)8-9-30(44(77)78)55-39(71)21-4-6-25(7-5-21)51-18-27-19-52-38-37(53-27)42(74)58-46(49)57-38/h4-7,19-20,22-24,29-31,51H,2-3,8-18H2,1H3,(H,54,72)(H,55,71)(H,56,73)(H,65,66)(H,67,68)(H,69,70)(H,75,76)(H,77,78)(H4,47,48,50)(H3,49,52,57,58,74)/t22-,23-,24+,29-,30-,31-/m0/s1. The molecule has 32 nitrogen and oxygen atoms in total. The number of carboxylic acids is 5. The number of ketones is 3. The number of aromatic amines is 1. The van der Waals surface area contributed by atoms with E-state index in [1.165, 1.54) is 48.4 Å². The number of hydrogen-bond acceptors (Lipinski definition) is 20. The summed E-state index contributed by atoms with van der Waals surface area (Å²) in [4.78, 5) is 172. The van der Waals surface area contributed by atoms with Crippen molar-refractivity contribution in [1.29, 1.82) is 0 Å². The average molecular weight is 1090 g/mol. The van der Waals surface area contributed by atoms with Crippen LogP contribution in [0.15, 0.2) is 46.4 Å². The molecule has 0 fully saturated rings. The first-order valence-electron chi connectivity index (χ1n) is 23.6. The summed E-state index contributed by atoms with van der Waals surface area (Å²) in [5, 5.41) is 65.9. The first kappa shape index (κ1) is 60.8. The molecule has 4 aromatic rings. The second kappa shape index (κ2) is 28.8. The van der Waals surface area contributed by atoms with Gasteiger partial charge < -0.3 is 64.0 Å². The van der Waals surface area contributed by atoms with Crippen LogP contribution in [0.25, 0.3) is 11.2 Å². The fraction of sp³-hybridized carbons (Fsp3) is 0.435. The number of amides is 3. The number of carboxylic acid groups (broad SMARTS) is 5. The number of aromatic nitrogens is 7. The van der Waals surface area contributed by atoms with E-state index in [9.17, 15) is 83.1 Å². The molecule has 6 atom stereocenters. The molecule has 4 rings (SSSR count). The lowest BCUT2D eigenvalue weighted by Crippen LogP contribution is -2.48. The summed E-state index contributed by atoms with van der Waals surface area (Å²) < 4.78 is 1.27. The number of rotatable bonds is 34. The first-order chi connectivity index (χ1) is 36.8. The number of carbonyl (C=O) groups is 11. The van der Waals surface area contributed by atoms with E-state index in [0.717, 1.165) is 0 Å². The SMILES string of the molecule is Cn1cc(C[C@H](CC(=O)[C@H](CC(=O)O)NC(=O)[C@H](CC(=O)O)CC(=O)[C@H](CCCN=C(N)N)NC(=O)[C@H](CC(=O)O)CC(=O)CC[C@H](NC(=O)c2ccc(NCc3cnc4nc(N)[nH]c(=O)c4n3)cc2)C(=O)O)C(=O)O)nn1. The van der Waals surface area contributed by atoms with Crippen LogP contribution in [-0.2, 0) is 68.0 Å². The number of Topliss-reactive ketones (excluding diaryl/α,β-unsaturated/α-hetero) is 3. The van der Waals surface area contributed by atoms with Crippen molar-refractivity contribution in [2.75, 3.05) is 17.6 Å². The number of nitrogens with two attached hydrogens (primary N) is 3. The van der Waals surface area contributed by atoms with Crippen molar-refractivity contribution < 1.29 is 78.3 Å². The predicted octanol–water partition coefficient (Wildman–Crippen LogP) is -2.50. The van der Waals surface area contributed by atoms with Gasteiger partial charge in [0.1, 0.15) is 11.8 Å². The van der Waals surface area contributed by atoms with Crippen molar-refractivity contribution in [1.82, 2.24) is 50.9 Å². The summed E-state index contributed by atoms with van der Waals surface area (Å²) in [5.74, 6) is -19.5. The molecule has 0 aliphatic rings. The maximum absolute atomic E-state index is 13.9. The Morgan fingerprint density at radius 3 is 1.88 bits per heavy atom. The molecule has 78 heavy (non-hydrogen) atoms. The van der Waals surface area contributed by atoms with E-state index < -0.39 is 158 Å². The summed E-state index contributed by atoms with van der Waals surface area (Å²) in [6.07, 6.45) is -4.73. The number of aliphatic carboxylic acids is 5. The fourth-order valence-corrected chi connectivity index (χ4v) is 7.68. The van der Waals surface area contributed by atoms with E-state index in [2.05, 4.69) is 56.5 Å². The van der Waals surface area contributed by atoms with Gasteiger partial charge in [-0.25, -0.2) is 14.8 Å². The summed E-state index contributed by atoms with van der Waals surface area (Å²) in [6.45, 7) is -0.0330. The lowest BCUT2D eigenvalue weighted by atomic mass is 9.90. The number of aryl methyl sites for hydroxylation is 1. The molecule has 0 bridgehead atoms. The Labute approximate surface area is 440 Å². The van der Waals surface area contributed by atoms with Gasteiger partial charge in [0.15, 0.2) is 28.7 Å². The highest BCUT2D eigenvalue weighted by Crippen LogP contribution is 2.20. The van der Waals surface area contributed by atoms with Gasteiger partial charge in [0.25, 0.3) is 11.5 Å². The number of hydrogen-bond donors (Lipinski definition) is 13. The number of guanidine groups is 1. The molecule has 3 amide bonds. The molecule has 32 heteroatoms. The molecule has 16 N–H and O–H groups in total. The fourth-order valence-electron chi connectivity index (χ4n) is 7.68. The van der Waals surface area contributed by atoms with E-state index >= 15 is 0 Å². The number of H-pyrrole nitrogens is 1. The Kier molecular flexibility index (Phi) is 22.4. The van der Waals surface area contributed by atoms with Crippen molar-refractivity contribution >= 4 is 93.7 Å². The largest absolute Gasteiger partial charge is 0.481 e. The monoisotopic (exact) mass is 1090 g/mol. The molecule has 0 aliphatic heterocycles. The molecule has 1 aromatic carbocycles. The number of aliphatic imine (C=N–C) groups is 1. The van der Waals surface area contributed by atoms with Crippen LogP contribution in [0.4, 0.5) is 11.6 Å². The Morgan fingerprint density at radius 2 is 1.31 bits per heavy atom. The molecule has 0 saturated heterocycles. The molecule has 0 spiro atoms. The first-order valence-corrected chi connectivity index (χ1v) is 23.6. The zero-order valence-corrected chi connectivity index (χ0v) is 41.6. The number of carbonyl (C=O) groups excluding carboxylic acids is 6. The Bertz CT molecular complexity index is 2990. The van der Waals surface area contributed by atoms with E-state index in [1.807, 2.05) is 0 Å². The summed E-state index contributed by atoms with van der Waals surface area (Å²) in [7, 11) is 1.51. The van der Waals surface area contributed by atoms with Crippen molar-refractivity contribution in [3.63, 3.8) is 0 Å². The van der Waals surface area contributed by atoms with Gasteiger partial charge in [-0.05, 0) is 43.5 Å². The van der Waals surface area contributed by atoms with Gasteiger partial charge in [0.05, 0.1) is 73.2 Å². The van der Waals surface area contributed by atoms with Gasteiger partial charge in [0, 0.05) is 63.1 Å². The van der Waals surface area contributed by atoms with Crippen LogP contribution in [-0.4, -0.2) is 156 Å². The van der Waals surface area contributed by atoms with Crippen LogP contribution in [0, 0.1) is 17.8 Å². The van der Waals surface area contributed by atoms with E-state index in [-0.39, 0.29) is 66.7 Å². The zero-order chi connectivity index (χ0) is 57.8. The maximum Gasteiger partial charge on any atom is 0.326 e. The highest BCUT2D eigenvalue weighted by atomic mass is 16.4. The van der Waals surface area contributed by atoms with Crippen LogP contribution >= 0.6 is 0 Å². The number of nitrogens with zero attached hydrogens (tertiary/aromatic N) is 7. The number of nitrogens with one attached hydrogen (secondary N) is 5. The third kappa shape index (κ3) is 19.8. The molecule has 3 aromatic heterocycles. The number of benzene rings is 1. The van der Waals surface area contributed by atoms with E-state index in [0.29, 0.717) is 11.4 Å². The molecule has 0 unspecified atom stereocenters. The maximum atomic E-state index is 13.9. The minimum atomic E-state index is -1.90. The van der Waals surface area contributed by atoms with E-state index in [4.69, 9.17) is 17.2 Å². The molecule has 3 heterocycles. The smallest absolute Gasteiger partial charge is 0.326 e. The summed E-state index contributed by atoms with van der Waals surface area (Å²) in [6, 6.07) is 0.544. The van der Waals surface area contributed by atoms with Crippen molar-refractivity contribution in [2.24, 2.45) is 41.3 Å². The van der Waals surface area contributed by atoms with Crippen LogP contribution in [0.3, 0.4) is 0 Å². The highest BCUT2D eigenvalue weighted by Gasteiger charge is 2.36. The Hall–Kier alpha value is -9.78. The minimum Gasteiger partial charge on any atom is -0.481 e. The third-order valence-corrected chi connectivity index (χ3v) is 11.6. The average Bonchev–Trinajstić information content (AvgIpc) is 3.77. The molecular formula is C46H57N15O17. The lowest BCUT2D eigenvalue weighted by Gasteiger charge is -2.24. The number of anilines is 2. The molecular weight excluding hydrogens is 1030 g/mol. The topological polar surface area (TPSA) is 530 Å².